The number of anilines is 1. The van der Waals surface area contributed by atoms with E-state index in [1.54, 1.807) is 0 Å². The summed E-state index contributed by atoms with van der Waals surface area (Å²) in [5.41, 5.74) is 3.53. The zero-order valence-corrected chi connectivity index (χ0v) is 19.6. The van der Waals surface area contributed by atoms with Crippen LogP contribution in [-0.4, -0.2) is 35.2 Å². The molecule has 0 radical (unpaired) electrons. The maximum Gasteiger partial charge on any atom is 0.250 e. The first-order valence-corrected chi connectivity index (χ1v) is 11.8. The van der Waals surface area contributed by atoms with Crippen molar-refractivity contribution in [3.05, 3.63) is 64.7 Å². The van der Waals surface area contributed by atoms with E-state index in [-0.39, 0.29) is 23.8 Å². The van der Waals surface area contributed by atoms with E-state index in [4.69, 9.17) is 0 Å². The quantitative estimate of drug-likeness (QED) is 0.692. The second kappa shape index (κ2) is 7.80. The zero-order valence-electron chi connectivity index (χ0n) is 19.6. The molecule has 2 aromatic carbocycles. The van der Waals surface area contributed by atoms with Gasteiger partial charge in [-0.25, -0.2) is 0 Å². The van der Waals surface area contributed by atoms with Crippen LogP contribution in [0.4, 0.5) is 5.69 Å². The van der Waals surface area contributed by atoms with Gasteiger partial charge in [0.2, 0.25) is 17.7 Å². The number of nitrogens with one attached hydrogen (secondary N) is 2. The third-order valence-electron chi connectivity index (χ3n) is 7.71. The molecule has 2 aromatic rings. The first-order valence-electron chi connectivity index (χ1n) is 11.8. The van der Waals surface area contributed by atoms with Crippen molar-refractivity contribution < 1.29 is 14.4 Å². The van der Waals surface area contributed by atoms with Gasteiger partial charge in [-0.3, -0.25) is 24.6 Å². The largest absolute Gasteiger partial charge is 0.324 e. The Labute approximate surface area is 194 Å². The number of rotatable bonds is 5. The number of imide groups is 1. The van der Waals surface area contributed by atoms with Crippen molar-refractivity contribution in [3.8, 4) is 0 Å². The highest BCUT2D eigenvalue weighted by Crippen LogP contribution is 2.54. The fraction of sp³-hybridized carbons (Fsp3) is 0.444. The molecule has 172 valence electrons. The SMILES string of the molecule is Cc1ccc2c(c1C)NC(=O)C21NC(CC(C)C)C2C(=O)N(CCc3ccccc3)C(=O)C21. The summed E-state index contributed by atoms with van der Waals surface area (Å²) in [4.78, 5) is 42.4. The molecule has 33 heavy (non-hydrogen) atoms. The first-order chi connectivity index (χ1) is 15.8. The molecule has 0 aromatic heterocycles. The third kappa shape index (κ3) is 3.15. The molecule has 3 amide bonds. The lowest BCUT2D eigenvalue weighted by Crippen LogP contribution is -2.53. The van der Waals surface area contributed by atoms with Gasteiger partial charge in [-0.15, -0.1) is 0 Å². The molecule has 6 nitrogen and oxygen atoms in total. The molecule has 4 unspecified atom stereocenters. The van der Waals surface area contributed by atoms with Crippen LogP contribution in [0.15, 0.2) is 42.5 Å². The van der Waals surface area contributed by atoms with E-state index in [2.05, 4.69) is 24.5 Å². The van der Waals surface area contributed by atoms with Crippen LogP contribution in [0.2, 0.25) is 0 Å². The van der Waals surface area contributed by atoms with Crippen LogP contribution < -0.4 is 10.6 Å². The fourth-order valence-corrected chi connectivity index (χ4v) is 5.99. The van der Waals surface area contributed by atoms with Crippen LogP contribution in [-0.2, 0) is 26.3 Å². The van der Waals surface area contributed by atoms with Crippen LogP contribution in [0.3, 0.4) is 0 Å². The van der Waals surface area contributed by atoms with E-state index < -0.39 is 17.4 Å². The van der Waals surface area contributed by atoms with Gasteiger partial charge < -0.3 is 5.32 Å². The van der Waals surface area contributed by atoms with E-state index in [9.17, 15) is 14.4 Å². The summed E-state index contributed by atoms with van der Waals surface area (Å²) in [5, 5.41) is 6.58. The predicted molar refractivity (Wildman–Crippen MR) is 126 cm³/mol. The lowest BCUT2D eigenvalue weighted by molar-refractivity contribution is -0.142. The molecule has 0 saturated carbocycles. The number of likely N-dealkylation sites (tertiary alicyclic amines) is 1. The second-order valence-corrected chi connectivity index (χ2v) is 10.1. The van der Waals surface area contributed by atoms with E-state index in [0.29, 0.717) is 18.9 Å². The van der Waals surface area contributed by atoms with Gasteiger partial charge in [0.05, 0.1) is 11.8 Å². The molecule has 2 saturated heterocycles. The summed E-state index contributed by atoms with van der Waals surface area (Å²) in [6, 6.07) is 13.6. The monoisotopic (exact) mass is 445 g/mol. The summed E-state index contributed by atoms with van der Waals surface area (Å²) in [6.45, 7) is 8.53. The molecule has 5 rings (SSSR count). The van der Waals surface area contributed by atoms with Crippen molar-refractivity contribution in [2.45, 2.75) is 52.1 Å². The molecule has 0 bridgehead atoms. The highest BCUT2D eigenvalue weighted by Gasteiger charge is 2.70. The second-order valence-electron chi connectivity index (χ2n) is 10.1. The Morgan fingerprint density at radius 1 is 1.00 bits per heavy atom. The van der Waals surface area contributed by atoms with Crippen molar-refractivity contribution in [2.24, 2.45) is 17.8 Å². The summed E-state index contributed by atoms with van der Waals surface area (Å²) in [7, 11) is 0. The first kappa shape index (κ1) is 21.8. The van der Waals surface area contributed by atoms with Crippen LogP contribution in [0.1, 0.15) is 42.5 Å². The van der Waals surface area contributed by atoms with Crippen LogP contribution in [0.25, 0.3) is 0 Å². The molecular formula is C27H31N3O3. The van der Waals surface area contributed by atoms with E-state index in [1.165, 1.54) is 4.90 Å². The Balaban J connectivity index is 1.56. The van der Waals surface area contributed by atoms with E-state index in [1.807, 2.05) is 56.3 Å². The van der Waals surface area contributed by atoms with Crippen LogP contribution in [0.5, 0.6) is 0 Å². The van der Waals surface area contributed by atoms with Gasteiger partial charge in [0, 0.05) is 23.8 Å². The number of hydrogen-bond donors (Lipinski definition) is 2. The Kier molecular flexibility index (Phi) is 5.16. The number of carbonyl (C=O) groups is 3. The number of nitrogens with zero attached hydrogens (tertiary/aromatic N) is 1. The van der Waals surface area contributed by atoms with Gasteiger partial charge in [0.25, 0.3) is 0 Å². The standard InChI is InChI=1S/C27H31N3O3/c1-15(2)14-20-21-22(25(32)30(24(21)31)13-12-18-8-6-5-7-9-18)27(29-20)19-11-10-16(3)17(4)23(19)28-26(27)33/h5-11,15,20-22,29H,12-14H2,1-4H3,(H,28,33). The minimum Gasteiger partial charge on any atom is -0.324 e. The van der Waals surface area contributed by atoms with Crippen molar-refractivity contribution in [1.29, 1.82) is 0 Å². The number of fused-ring (bicyclic) bond motifs is 4. The van der Waals surface area contributed by atoms with Crippen molar-refractivity contribution >= 4 is 23.4 Å². The van der Waals surface area contributed by atoms with Crippen molar-refractivity contribution in [3.63, 3.8) is 0 Å². The van der Waals surface area contributed by atoms with Gasteiger partial charge >= 0.3 is 0 Å². The summed E-state index contributed by atoms with van der Waals surface area (Å²) < 4.78 is 0. The average molecular weight is 446 g/mol. The molecule has 3 aliphatic rings. The lowest BCUT2D eigenvalue weighted by atomic mass is 9.75. The van der Waals surface area contributed by atoms with Gasteiger partial charge in [-0.1, -0.05) is 56.3 Å². The Bertz CT molecular complexity index is 1140. The molecule has 1 spiro atoms. The molecule has 2 N–H and O–H groups in total. The van der Waals surface area contributed by atoms with Crippen LogP contribution in [0, 0.1) is 31.6 Å². The lowest BCUT2D eigenvalue weighted by Gasteiger charge is -2.30. The third-order valence-corrected chi connectivity index (χ3v) is 7.71. The van der Waals surface area contributed by atoms with Gasteiger partial charge in [-0.05, 0) is 49.3 Å². The molecule has 4 atom stereocenters. The van der Waals surface area contributed by atoms with Crippen molar-refractivity contribution in [1.82, 2.24) is 10.2 Å². The maximum atomic E-state index is 13.8. The molecule has 3 heterocycles. The predicted octanol–water partition coefficient (Wildman–Crippen LogP) is 3.31. The van der Waals surface area contributed by atoms with Crippen molar-refractivity contribution in [2.75, 3.05) is 11.9 Å². The molecule has 6 heteroatoms. The maximum absolute atomic E-state index is 13.8. The highest BCUT2D eigenvalue weighted by atomic mass is 16.2. The average Bonchev–Trinajstić information content (AvgIpc) is 3.35. The number of amides is 3. The fourth-order valence-electron chi connectivity index (χ4n) is 5.99. The summed E-state index contributed by atoms with van der Waals surface area (Å²) in [6.07, 6.45) is 1.33. The number of benzene rings is 2. The van der Waals surface area contributed by atoms with Crippen LogP contribution >= 0.6 is 0 Å². The normalized spacial score (nSPS) is 28.1. The topological polar surface area (TPSA) is 78.5 Å². The van der Waals surface area contributed by atoms with E-state index in [0.717, 1.165) is 34.4 Å². The zero-order chi connectivity index (χ0) is 23.5. The van der Waals surface area contributed by atoms with Gasteiger partial charge in [0.15, 0.2) is 0 Å². The number of aryl methyl sites for hydroxylation is 1. The smallest absolute Gasteiger partial charge is 0.250 e. The van der Waals surface area contributed by atoms with E-state index >= 15 is 0 Å². The highest BCUT2D eigenvalue weighted by molar-refractivity contribution is 6.15. The molecule has 3 aliphatic heterocycles. The molecule has 2 fully saturated rings. The Hall–Kier alpha value is -2.99. The minimum absolute atomic E-state index is 0.152. The Morgan fingerprint density at radius 3 is 2.42 bits per heavy atom. The summed E-state index contributed by atoms with van der Waals surface area (Å²) in [5.74, 6) is -1.55. The number of hydrogen-bond acceptors (Lipinski definition) is 4. The Morgan fingerprint density at radius 2 is 1.73 bits per heavy atom. The molecule has 0 aliphatic carbocycles. The van der Waals surface area contributed by atoms with Gasteiger partial charge in [0.1, 0.15) is 5.54 Å². The van der Waals surface area contributed by atoms with Gasteiger partial charge in [-0.2, -0.15) is 0 Å². The number of carbonyl (C=O) groups excluding carboxylic acids is 3. The summed E-state index contributed by atoms with van der Waals surface area (Å²) >= 11 is 0. The molecular weight excluding hydrogens is 414 g/mol. The minimum atomic E-state index is -1.20.